The Hall–Kier alpha value is -2.58. The minimum absolute atomic E-state index is 0.0351. The number of aromatic nitrogens is 3. The van der Waals surface area contributed by atoms with Crippen LogP contribution in [0.1, 0.15) is 5.69 Å². The smallest absolute Gasteiger partial charge is 0.406 e. The van der Waals surface area contributed by atoms with Crippen LogP contribution < -0.4 is 10.1 Å². The standard InChI is InChI=1S/C12H11F3N4O2/c1-8-6-16-18-19(8)7-11(20)17-9-2-4-10(5-3-9)21-12(13,14)15/h2-6H,7H2,1H3,(H,17,20). The lowest BCUT2D eigenvalue weighted by molar-refractivity contribution is -0.274. The number of aryl methyl sites for hydroxylation is 1. The van der Waals surface area contributed by atoms with Crippen molar-refractivity contribution in [2.45, 2.75) is 19.8 Å². The van der Waals surface area contributed by atoms with Gasteiger partial charge in [-0.2, -0.15) is 0 Å². The van der Waals surface area contributed by atoms with Gasteiger partial charge in [-0.15, -0.1) is 18.3 Å². The lowest BCUT2D eigenvalue weighted by Gasteiger charge is -2.10. The molecule has 112 valence electrons. The van der Waals surface area contributed by atoms with Gasteiger partial charge < -0.3 is 10.1 Å². The van der Waals surface area contributed by atoms with E-state index < -0.39 is 6.36 Å². The topological polar surface area (TPSA) is 69.0 Å². The van der Waals surface area contributed by atoms with E-state index in [1.54, 1.807) is 6.92 Å². The lowest BCUT2D eigenvalue weighted by Crippen LogP contribution is -2.20. The third-order valence-electron chi connectivity index (χ3n) is 2.48. The van der Waals surface area contributed by atoms with Gasteiger partial charge in [0.05, 0.1) is 11.9 Å². The van der Waals surface area contributed by atoms with Gasteiger partial charge in [0, 0.05) is 5.69 Å². The van der Waals surface area contributed by atoms with Crippen molar-refractivity contribution in [3.05, 3.63) is 36.2 Å². The zero-order chi connectivity index (χ0) is 15.5. The van der Waals surface area contributed by atoms with Crippen LogP contribution in [0.3, 0.4) is 0 Å². The molecule has 0 bridgehead atoms. The number of hydrogen-bond donors (Lipinski definition) is 1. The van der Waals surface area contributed by atoms with Crippen LogP contribution in [0.25, 0.3) is 0 Å². The maximum Gasteiger partial charge on any atom is 0.573 e. The highest BCUT2D eigenvalue weighted by molar-refractivity contribution is 5.90. The van der Waals surface area contributed by atoms with E-state index in [0.29, 0.717) is 5.69 Å². The second-order valence-corrected chi connectivity index (χ2v) is 4.15. The maximum atomic E-state index is 12.0. The molecule has 1 heterocycles. The van der Waals surface area contributed by atoms with Gasteiger partial charge in [-0.1, -0.05) is 5.21 Å². The second-order valence-electron chi connectivity index (χ2n) is 4.15. The Morgan fingerprint density at radius 2 is 2.00 bits per heavy atom. The first-order valence-corrected chi connectivity index (χ1v) is 5.84. The van der Waals surface area contributed by atoms with Crippen LogP contribution in [-0.2, 0) is 11.3 Å². The molecule has 0 saturated heterocycles. The molecular formula is C12H11F3N4O2. The average molecular weight is 300 g/mol. The molecular weight excluding hydrogens is 289 g/mol. The van der Waals surface area contributed by atoms with Gasteiger partial charge in [0.2, 0.25) is 5.91 Å². The summed E-state index contributed by atoms with van der Waals surface area (Å²) in [4.78, 5) is 11.7. The summed E-state index contributed by atoms with van der Waals surface area (Å²) in [6.45, 7) is 1.71. The molecule has 6 nitrogen and oxygen atoms in total. The van der Waals surface area contributed by atoms with Crippen LogP contribution >= 0.6 is 0 Å². The number of halogens is 3. The Balaban J connectivity index is 1.94. The molecule has 21 heavy (non-hydrogen) atoms. The fraction of sp³-hybridized carbons (Fsp3) is 0.250. The van der Waals surface area contributed by atoms with E-state index in [0.717, 1.165) is 17.8 Å². The Morgan fingerprint density at radius 3 is 2.52 bits per heavy atom. The number of ether oxygens (including phenoxy) is 1. The molecule has 0 fully saturated rings. The van der Waals surface area contributed by atoms with Crippen molar-refractivity contribution >= 4 is 11.6 Å². The van der Waals surface area contributed by atoms with Crippen molar-refractivity contribution in [2.75, 3.05) is 5.32 Å². The molecule has 0 aliphatic rings. The Morgan fingerprint density at radius 1 is 1.33 bits per heavy atom. The van der Waals surface area contributed by atoms with Crippen molar-refractivity contribution in [1.29, 1.82) is 0 Å². The number of alkyl halides is 3. The molecule has 1 aromatic heterocycles. The van der Waals surface area contributed by atoms with Crippen LogP contribution in [-0.4, -0.2) is 27.3 Å². The second kappa shape index (κ2) is 5.81. The Bertz CT molecular complexity index is 622. The van der Waals surface area contributed by atoms with Crippen molar-refractivity contribution < 1.29 is 22.7 Å². The van der Waals surface area contributed by atoms with Crippen LogP contribution in [0.15, 0.2) is 30.5 Å². The van der Waals surface area contributed by atoms with Gasteiger partial charge in [-0.25, -0.2) is 4.68 Å². The van der Waals surface area contributed by atoms with Crippen LogP contribution in [0, 0.1) is 6.92 Å². The molecule has 1 amide bonds. The summed E-state index contributed by atoms with van der Waals surface area (Å²) in [5.74, 6) is -0.722. The summed E-state index contributed by atoms with van der Waals surface area (Å²) in [5, 5.41) is 9.88. The first-order valence-electron chi connectivity index (χ1n) is 5.84. The van der Waals surface area contributed by atoms with E-state index in [1.807, 2.05) is 0 Å². The van der Waals surface area contributed by atoms with E-state index in [-0.39, 0.29) is 18.2 Å². The number of benzene rings is 1. The van der Waals surface area contributed by atoms with Gasteiger partial charge in [-0.05, 0) is 31.2 Å². The molecule has 9 heteroatoms. The number of hydrogen-bond acceptors (Lipinski definition) is 4. The fourth-order valence-electron chi connectivity index (χ4n) is 1.54. The zero-order valence-electron chi connectivity index (χ0n) is 10.9. The van der Waals surface area contributed by atoms with E-state index in [2.05, 4.69) is 20.4 Å². The normalized spacial score (nSPS) is 11.2. The summed E-state index contributed by atoms with van der Waals surface area (Å²) in [7, 11) is 0. The quantitative estimate of drug-likeness (QED) is 0.939. The van der Waals surface area contributed by atoms with E-state index in [4.69, 9.17) is 0 Å². The molecule has 0 unspecified atom stereocenters. The van der Waals surface area contributed by atoms with Gasteiger partial charge in [-0.3, -0.25) is 4.79 Å². The van der Waals surface area contributed by atoms with E-state index >= 15 is 0 Å². The predicted molar refractivity (Wildman–Crippen MR) is 66.5 cm³/mol. The summed E-state index contributed by atoms with van der Waals surface area (Å²) in [6.07, 6.45) is -3.23. The molecule has 0 saturated carbocycles. The number of nitrogens with zero attached hydrogens (tertiary/aromatic N) is 3. The van der Waals surface area contributed by atoms with Crippen molar-refractivity contribution in [3.8, 4) is 5.75 Å². The molecule has 1 aromatic carbocycles. The molecule has 0 aliphatic carbocycles. The molecule has 0 aliphatic heterocycles. The van der Waals surface area contributed by atoms with Crippen molar-refractivity contribution in [1.82, 2.24) is 15.0 Å². The minimum Gasteiger partial charge on any atom is -0.406 e. The van der Waals surface area contributed by atoms with Crippen molar-refractivity contribution in [3.63, 3.8) is 0 Å². The minimum atomic E-state index is -4.74. The highest BCUT2D eigenvalue weighted by Crippen LogP contribution is 2.23. The van der Waals surface area contributed by atoms with Gasteiger partial charge >= 0.3 is 6.36 Å². The Labute approximate surface area is 117 Å². The molecule has 2 rings (SSSR count). The monoisotopic (exact) mass is 300 g/mol. The number of carbonyl (C=O) groups is 1. The summed E-state index contributed by atoms with van der Waals surface area (Å²) < 4.78 is 41.1. The lowest BCUT2D eigenvalue weighted by atomic mass is 10.3. The van der Waals surface area contributed by atoms with Crippen LogP contribution in [0.4, 0.5) is 18.9 Å². The predicted octanol–water partition coefficient (Wildman–Crippen LogP) is 2.12. The first kappa shape index (κ1) is 14.8. The number of carbonyl (C=O) groups excluding carboxylic acids is 1. The third kappa shape index (κ3) is 4.48. The number of amides is 1. The fourth-order valence-corrected chi connectivity index (χ4v) is 1.54. The molecule has 0 atom stereocenters. The zero-order valence-corrected chi connectivity index (χ0v) is 10.9. The van der Waals surface area contributed by atoms with E-state index in [9.17, 15) is 18.0 Å². The largest absolute Gasteiger partial charge is 0.573 e. The summed E-state index contributed by atoms with van der Waals surface area (Å²) in [6, 6.07) is 4.86. The van der Waals surface area contributed by atoms with Crippen LogP contribution in [0.5, 0.6) is 5.75 Å². The average Bonchev–Trinajstić information content (AvgIpc) is 2.76. The molecule has 1 N–H and O–H groups in total. The van der Waals surface area contributed by atoms with Crippen molar-refractivity contribution in [2.24, 2.45) is 0 Å². The Kier molecular flexibility index (Phi) is 4.10. The highest BCUT2D eigenvalue weighted by Gasteiger charge is 2.30. The SMILES string of the molecule is Cc1cnnn1CC(=O)Nc1ccc(OC(F)(F)F)cc1. The maximum absolute atomic E-state index is 12.0. The van der Waals surface area contributed by atoms with Crippen LogP contribution in [0.2, 0.25) is 0 Å². The van der Waals surface area contributed by atoms with E-state index in [1.165, 1.54) is 23.0 Å². The third-order valence-corrected chi connectivity index (χ3v) is 2.48. The van der Waals surface area contributed by atoms with Gasteiger partial charge in [0.15, 0.2) is 0 Å². The highest BCUT2D eigenvalue weighted by atomic mass is 19.4. The molecule has 0 spiro atoms. The summed E-state index contributed by atoms with van der Waals surface area (Å²) in [5.41, 5.74) is 1.08. The summed E-state index contributed by atoms with van der Waals surface area (Å²) >= 11 is 0. The molecule has 2 aromatic rings. The number of nitrogens with one attached hydrogen (secondary N) is 1. The first-order chi connectivity index (χ1) is 9.83. The number of anilines is 1. The number of rotatable bonds is 4. The van der Waals surface area contributed by atoms with Gasteiger partial charge in [0.1, 0.15) is 12.3 Å². The van der Waals surface area contributed by atoms with Gasteiger partial charge in [0.25, 0.3) is 0 Å². The molecule has 0 radical (unpaired) electrons.